The first-order chi connectivity index (χ1) is 20.7. The van der Waals surface area contributed by atoms with Crippen LogP contribution in [0.25, 0.3) is 0 Å². The second-order valence-corrected chi connectivity index (χ2v) is 11.3. The molecule has 0 spiro atoms. The molecule has 2 saturated heterocycles. The molecule has 4 fully saturated rings. The minimum absolute atomic E-state index is 0.134. The van der Waals surface area contributed by atoms with Crippen LogP contribution in [0.1, 0.15) is 53.9 Å². The fourth-order valence-corrected chi connectivity index (χ4v) is 6.74. The van der Waals surface area contributed by atoms with Gasteiger partial charge in [0.1, 0.15) is 12.7 Å². The van der Waals surface area contributed by atoms with E-state index >= 15 is 0 Å². The van der Waals surface area contributed by atoms with Crippen molar-refractivity contribution in [3.8, 4) is 0 Å². The molecule has 44 heavy (non-hydrogen) atoms. The van der Waals surface area contributed by atoms with E-state index in [1.807, 2.05) is 0 Å². The second kappa shape index (κ2) is 13.6. The van der Waals surface area contributed by atoms with Crippen LogP contribution < -0.4 is 0 Å². The number of carbonyl (C=O) groups excluding carboxylic acids is 6. The molecule has 16 heteroatoms. The molecule has 0 aromatic heterocycles. The van der Waals surface area contributed by atoms with Gasteiger partial charge in [-0.3, -0.25) is 33.7 Å². The number of fused-ring (bicyclic) bond motifs is 3. The average molecular weight is 627 g/mol. The van der Waals surface area contributed by atoms with Crippen molar-refractivity contribution >= 4 is 41.4 Å². The zero-order chi connectivity index (χ0) is 32.5. The third kappa shape index (κ3) is 6.71. The molecule has 2 aliphatic carbocycles. The lowest BCUT2D eigenvalue weighted by Gasteiger charge is -2.46. The highest BCUT2D eigenvalue weighted by atomic mass is 16.8. The van der Waals surface area contributed by atoms with Crippen molar-refractivity contribution in [2.24, 2.45) is 28.8 Å². The summed E-state index contributed by atoms with van der Waals surface area (Å²) < 4.78 is 27.1. The number of oxime groups is 1. The first-order valence-corrected chi connectivity index (χ1v) is 14.5. The smallest absolute Gasteiger partial charge is 0.303 e. The lowest BCUT2D eigenvalue weighted by Crippen LogP contribution is -2.62. The fraction of sp³-hybridized carbons (Fsp3) is 0.750. The summed E-state index contributed by atoms with van der Waals surface area (Å²) in [7, 11) is 0. The van der Waals surface area contributed by atoms with Crippen LogP contribution in [0.4, 0.5) is 0 Å². The number of carbonyl (C=O) groups is 6. The summed E-state index contributed by atoms with van der Waals surface area (Å²) in [6.45, 7) is 5.82. The normalized spacial score (nSPS) is 37.5. The van der Waals surface area contributed by atoms with E-state index in [9.17, 15) is 39.0 Å². The molecular formula is C28H38N2O14. The van der Waals surface area contributed by atoms with Crippen LogP contribution in [-0.2, 0) is 57.3 Å². The Kier molecular flexibility index (Phi) is 10.3. The van der Waals surface area contributed by atoms with Crippen LogP contribution in [-0.4, -0.2) is 113 Å². The Hall–Kier alpha value is -3.63. The predicted octanol–water partition coefficient (Wildman–Crippen LogP) is -0.785. The minimum Gasteiger partial charge on any atom is -0.463 e. The van der Waals surface area contributed by atoms with Crippen LogP contribution in [0, 0.1) is 23.7 Å². The van der Waals surface area contributed by atoms with Crippen molar-refractivity contribution in [3.63, 3.8) is 0 Å². The van der Waals surface area contributed by atoms with E-state index in [0.29, 0.717) is 12.8 Å². The molecular weight excluding hydrogens is 588 g/mol. The Morgan fingerprint density at radius 1 is 0.864 bits per heavy atom. The maximum absolute atomic E-state index is 13.2. The number of aliphatic hydroxyl groups excluding tert-OH is 2. The molecule has 2 aliphatic heterocycles. The quantitative estimate of drug-likeness (QED) is 0.146. The Morgan fingerprint density at radius 3 is 2.05 bits per heavy atom. The van der Waals surface area contributed by atoms with Gasteiger partial charge in [-0.05, 0) is 19.8 Å². The Bertz CT molecular complexity index is 1200. The Balaban J connectivity index is 1.67. The van der Waals surface area contributed by atoms with Crippen LogP contribution in [0.15, 0.2) is 5.16 Å². The SMILES string of the molecule is CCN1C(=O)[C@H]2[C@H]3[C@H](O)[C@H](O)CC(=NO[C@@H]4O[C@H](COC(C)=O)[C@@H](OC(C)=O)[C@H](OC(C)=O)[C@H]4OC(C)=O)[C@@H]3CC[C@H]2C1=O. The number of aliphatic hydroxyl groups is 2. The zero-order valence-electron chi connectivity index (χ0n) is 25.1. The van der Waals surface area contributed by atoms with Crippen LogP contribution in [0.5, 0.6) is 0 Å². The lowest BCUT2D eigenvalue weighted by molar-refractivity contribution is -0.308. The minimum atomic E-state index is -1.59. The highest BCUT2D eigenvalue weighted by molar-refractivity contribution is 6.06. The van der Waals surface area contributed by atoms with Crippen LogP contribution >= 0.6 is 0 Å². The van der Waals surface area contributed by atoms with E-state index in [1.165, 1.54) is 0 Å². The van der Waals surface area contributed by atoms with E-state index in [4.69, 9.17) is 28.5 Å². The van der Waals surface area contributed by atoms with Gasteiger partial charge in [-0.2, -0.15) is 0 Å². The van der Waals surface area contributed by atoms with Gasteiger partial charge in [-0.1, -0.05) is 5.16 Å². The number of imide groups is 1. The molecule has 0 unspecified atom stereocenters. The summed E-state index contributed by atoms with van der Waals surface area (Å²) >= 11 is 0. The summed E-state index contributed by atoms with van der Waals surface area (Å²) in [6.07, 6.45) is -9.25. The third-order valence-electron chi connectivity index (χ3n) is 8.41. The molecule has 2 amide bonds. The molecule has 4 aliphatic rings. The lowest BCUT2D eigenvalue weighted by atomic mass is 9.60. The molecule has 2 saturated carbocycles. The number of rotatable bonds is 8. The van der Waals surface area contributed by atoms with E-state index in [1.54, 1.807) is 6.92 Å². The standard InChI is InChI=1S/C28H38N2O14/c1-6-30-26(37)16-8-7-15-17(9-18(35)22(36)20(15)21(16)27(30)38)29-44-28-25(42-14(5)34)24(41-13(4)33)23(40-12(3)32)19(43-28)10-39-11(2)31/h15-16,18-25,28,35-36H,6-10H2,1-5H3/t15-,16+,18+,19+,20-,21+,22+,23+,24-,25+,28-/m0/s1. The highest BCUT2D eigenvalue weighted by Gasteiger charge is 2.60. The molecule has 2 heterocycles. The molecule has 16 nitrogen and oxygen atoms in total. The predicted molar refractivity (Wildman–Crippen MR) is 143 cm³/mol. The van der Waals surface area contributed by atoms with Crippen LogP contribution in [0.2, 0.25) is 0 Å². The summed E-state index contributed by atoms with van der Waals surface area (Å²) in [4.78, 5) is 80.6. The molecule has 2 N–H and O–H groups in total. The number of hydrogen-bond acceptors (Lipinski definition) is 15. The number of hydrogen-bond donors (Lipinski definition) is 2. The average Bonchev–Trinajstić information content (AvgIpc) is 3.19. The summed E-state index contributed by atoms with van der Waals surface area (Å²) in [5, 5.41) is 26.0. The van der Waals surface area contributed by atoms with Gasteiger partial charge < -0.3 is 38.7 Å². The number of ether oxygens (including phenoxy) is 5. The van der Waals surface area contributed by atoms with Gasteiger partial charge in [0, 0.05) is 52.5 Å². The van der Waals surface area contributed by atoms with Gasteiger partial charge in [0.25, 0.3) is 6.29 Å². The van der Waals surface area contributed by atoms with Crippen molar-refractivity contribution in [2.75, 3.05) is 13.2 Å². The molecule has 11 atom stereocenters. The van der Waals surface area contributed by atoms with Gasteiger partial charge >= 0.3 is 23.9 Å². The second-order valence-electron chi connectivity index (χ2n) is 11.3. The Morgan fingerprint density at radius 2 is 1.45 bits per heavy atom. The van der Waals surface area contributed by atoms with Crippen molar-refractivity contribution in [2.45, 2.75) is 96.8 Å². The topological polar surface area (TPSA) is 214 Å². The molecule has 0 bridgehead atoms. The Labute approximate surface area is 252 Å². The number of likely N-dealkylation sites (tertiary alicyclic amines) is 1. The molecule has 244 valence electrons. The van der Waals surface area contributed by atoms with Crippen molar-refractivity contribution in [1.29, 1.82) is 0 Å². The van der Waals surface area contributed by atoms with E-state index in [2.05, 4.69) is 5.16 Å². The molecule has 0 aromatic rings. The van der Waals surface area contributed by atoms with Crippen molar-refractivity contribution in [1.82, 2.24) is 4.90 Å². The van der Waals surface area contributed by atoms with Gasteiger partial charge in [-0.15, -0.1) is 0 Å². The monoisotopic (exact) mass is 626 g/mol. The van der Waals surface area contributed by atoms with Gasteiger partial charge in [0.2, 0.25) is 17.9 Å². The fourth-order valence-electron chi connectivity index (χ4n) is 6.74. The zero-order valence-corrected chi connectivity index (χ0v) is 25.1. The van der Waals surface area contributed by atoms with Gasteiger partial charge in [0.15, 0.2) is 12.2 Å². The first-order valence-electron chi connectivity index (χ1n) is 14.5. The highest BCUT2D eigenvalue weighted by Crippen LogP contribution is 2.49. The maximum Gasteiger partial charge on any atom is 0.303 e. The number of amides is 2. The van der Waals surface area contributed by atoms with Crippen molar-refractivity contribution in [3.05, 3.63) is 0 Å². The maximum atomic E-state index is 13.2. The summed E-state index contributed by atoms with van der Waals surface area (Å²) in [5.74, 6) is -6.66. The van der Waals surface area contributed by atoms with Gasteiger partial charge in [-0.25, -0.2) is 0 Å². The number of nitrogens with zero attached hydrogens (tertiary/aromatic N) is 2. The summed E-state index contributed by atoms with van der Waals surface area (Å²) in [6, 6.07) is 0. The van der Waals surface area contributed by atoms with E-state index < -0.39 is 103 Å². The van der Waals surface area contributed by atoms with Gasteiger partial charge in [0.05, 0.1) is 29.8 Å². The first kappa shape index (κ1) is 33.3. The third-order valence-corrected chi connectivity index (χ3v) is 8.41. The van der Waals surface area contributed by atoms with Crippen molar-refractivity contribution < 1.29 is 67.5 Å². The van der Waals surface area contributed by atoms with E-state index in [-0.39, 0.29) is 24.6 Å². The van der Waals surface area contributed by atoms with E-state index in [0.717, 1.165) is 32.6 Å². The molecule has 0 aromatic carbocycles. The molecule has 4 rings (SSSR count). The largest absolute Gasteiger partial charge is 0.463 e. The van der Waals surface area contributed by atoms with Crippen LogP contribution in [0.3, 0.4) is 0 Å². The molecule has 0 radical (unpaired) electrons. The summed E-state index contributed by atoms with van der Waals surface area (Å²) in [5.41, 5.74) is 0.273. The number of esters is 4.